The fraction of sp³-hybridized carbons (Fsp3) is 0.273. The number of carbonyl (C=O) groups excluding carboxylic acids is 4. The van der Waals surface area contributed by atoms with Gasteiger partial charge >= 0.3 is 0 Å². The topological polar surface area (TPSA) is 95.6 Å². The second kappa shape index (κ2) is 8.67. The molecule has 1 heterocycles. The molecule has 0 aromatic heterocycles. The van der Waals surface area contributed by atoms with E-state index in [-0.39, 0.29) is 16.8 Å². The average molecular weight is 428 g/mol. The smallest absolute Gasteiger partial charge is 0.262 e. The van der Waals surface area contributed by atoms with E-state index in [0.29, 0.717) is 28.9 Å². The third-order valence-corrected chi connectivity index (χ3v) is 4.99. The van der Waals surface area contributed by atoms with Crippen molar-refractivity contribution in [1.29, 1.82) is 0 Å². The van der Waals surface area contributed by atoms with Crippen LogP contribution >= 0.6 is 11.6 Å². The van der Waals surface area contributed by atoms with Gasteiger partial charge in [-0.15, -0.1) is 0 Å². The van der Waals surface area contributed by atoms with E-state index in [2.05, 4.69) is 10.6 Å². The summed E-state index contributed by atoms with van der Waals surface area (Å²) in [5, 5.41) is 5.57. The number of nitrogens with zero attached hydrogens (tertiary/aromatic N) is 1. The molecule has 156 valence electrons. The number of anilines is 2. The minimum absolute atomic E-state index is 0.0655. The van der Waals surface area contributed by atoms with E-state index in [1.54, 1.807) is 36.4 Å². The molecule has 3 rings (SSSR count). The van der Waals surface area contributed by atoms with Crippen molar-refractivity contribution in [3.63, 3.8) is 0 Å². The van der Waals surface area contributed by atoms with Crippen LogP contribution < -0.4 is 10.6 Å². The number of amides is 4. The SMILES string of the molecule is CC(=O)Nc1ccc(NC(=O)C(CC(C)C)N2C(=O)c3ccccc3C2=O)cc1Cl. The first-order chi connectivity index (χ1) is 14.2. The molecule has 2 aromatic carbocycles. The Hall–Kier alpha value is -3.19. The third kappa shape index (κ3) is 4.36. The molecule has 0 aliphatic carbocycles. The van der Waals surface area contributed by atoms with Crippen LogP contribution in [0.3, 0.4) is 0 Å². The predicted molar refractivity (Wildman–Crippen MR) is 115 cm³/mol. The van der Waals surface area contributed by atoms with Crippen LogP contribution in [0.4, 0.5) is 11.4 Å². The summed E-state index contributed by atoms with van der Waals surface area (Å²) in [7, 11) is 0. The quantitative estimate of drug-likeness (QED) is 0.682. The normalized spacial score (nSPS) is 14.0. The van der Waals surface area contributed by atoms with Gasteiger partial charge in [-0.05, 0) is 42.7 Å². The highest BCUT2D eigenvalue weighted by atomic mass is 35.5. The Morgan fingerprint density at radius 2 is 1.60 bits per heavy atom. The number of carbonyl (C=O) groups is 4. The molecule has 2 N–H and O–H groups in total. The maximum absolute atomic E-state index is 13.1. The molecule has 0 radical (unpaired) electrons. The van der Waals surface area contributed by atoms with E-state index in [0.717, 1.165) is 4.90 Å². The van der Waals surface area contributed by atoms with E-state index in [4.69, 9.17) is 11.6 Å². The molecule has 8 heteroatoms. The van der Waals surface area contributed by atoms with Gasteiger partial charge in [-0.25, -0.2) is 0 Å². The minimum atomic E-state index is -0.966. The lowest BCUT2D eigenvalue weighted by molar-refractivity contribution is -0.120. The number of halogens is 1. The van der Waals surface area contributed by atoms with Crippen molar-refractivity contribution in [1.82, 2.24) is 4.90 Å². The number of nitrogens with one attached hydrogen (secondary N) is 2. The Morgan fingerprint density at radius 1 is 1.00 bits per heavy atom. The molecule has 1 aliphatic rings. The van der Waals surface area contributed by atoms with E-state index < -0.39 is 23.8 Å². The molecular weight excluding hydrogens is 406 g/mol. The second-order valence-electron chi connectivity index (χ2n) is 7.54. The summed E-state index contributed by atoms with van der Waals surface area (Å²) in [6.07, 6.45) is 0.314. The third-order valence-electron chi connectivity index (χ3n) is 4.68. The summed E-state index contributed by atoms with van der Waals surface area (Å²) in [6.45, 7) is 5.19. The first kappa shape index (κ1) is 21.5. The van der Waals surface area contributed by atoms with E-state index in [9.17, 15) is 19.2 Å². The Morgan fingerprint density at radius 3 is 2.10 bits per heavy atom. The van der Waals surface area contributed by atoms with Gasteiger partial charge in [-0.2, -0.15) is 0 Å². The van der Waals surface area contributed by atoms with Gasteiger partial charge in [0.1, 0.15) is 6.04 Å². The zero-order chi connectivity index (χ0) is 22.0. The van der Waals surface area contributed by atoms with Gasteiger partial charge in [0, 0.05) is 12.6 Å². The number of hydrogen-bond donors (Lipinski definition) is 2. The summed E-state index contributed by atoms with van der Waals surface area (Å²) in [6, 6.07) is 10.2. The van der Waals surface area contributed by atoms with Crippen molar-refractivity contribution in [2.45, 2.75) is 33.2 Å². The van der Waals surface area contributed by atoms with Crippen LogP contribution in [-0.2, 0) is 9.59 Å². The summed E-state index contributed by atoms with van der Waals surface area (Å²) in [5.74, 6) is -1.64. The lowest BCUT2D eigenvalue weighted by Gasteiger charge is -2.26. The van der Waals surface area contributed by atoms with Gasteiger partial charge in [0.05, 0.1) is 21.8 Å². The highest BCUT2D eigenvalue weighted by molar-refractivity contribution is 6.34. The molecule has 7 nitrogen and oxygen atoms in total. The lowest BCUT2D eigenvalue weighted by atomic mass is 10.0. The summed E-state index contributed by atoms with van der Waals surface area (Å²) in [4.78, 5) is 51.0. The standard InChI is InChI=1S/C22H22ClN3O4/c1-12(2)10-19(26-21(29)15-6-4-5-7-16(15)22(26)30)20(28)25-14-8-9-18(17(23)11-14)24-13(3)27/h4-9,11-12,19H,10H2,1-3H3,(H,24,27)(H,25,28). The molecule has 2 aromatic rings. The number of imide groups is 1. The molecular formula is C22H22ClN3O4. The van der Waals surface area contributed by atoms with Crippen molar-refractivity contribution in [3.05, 3.63) is 58.6 Å². The van der Waals surface area contributed by atoms with Crippen molar-refractivity contribution < 1.29 is 19.2 Å². The fourth-order valence-electron chi connectivity index (χ4n) is 3.38. The number of fused-ring (bicyclic) bond motifs is 1. The average Bonchev–Trinajstić information content (AvgIpc) is 2.92. The van der Waals surface area contributed by atoms with Crippen molar-refractivity contribution >= 4 is 46.6 Å². The fourth-order valence-corrected chi connectivity index (χ4v) is 3.60. The van der Waals surface area contributed by atoms with Gasteiger partial charge in [0.2, 0.25) is 11.8 Å². The molecule has 0 saturated carbocycles. The van der Waals surface area contributed by atoms with Crippen molar-refractivity contribution in [2.24, 2.45) is 5.92 Å². The number of hydrogen-bond acceptors (Lipinski definition) is 4. The second-order valence-corrected chi connectivity index (χ2v) is 7.94. The maximum atomic E-state index is 13.1. The molecule has 30 heavy (non-hydrogen) atoms. The van der Waals surface area contributed by atoms with Crippen LogP contribution in [0.5, 0.6) is 0 Å². The zero-order valence-corrected chi connectivity index (χ0v) is 17.6. The van der Waals surface area contributed by atoms with E-state index in [1.807, 2.05) is 13.8 Å². The van der Waals surface area contributed by atoms with Crippen LogP contribution in [0.15, 0.2) is 42.5 Å². The molecule has 0 fully saturated rings. The first-order valence-electron chi connectivity index (χ1n) is 9.54. The van der Waals surface area contributed by atoms with Crippen LogP contribution in [0.2, 0.25) is 5.02 Å². The summed E-state index contributed by atoms with van der Waals surface area (Å²) >= 11 is 6.17. The van der Waals surface area contributed by atoms with Crippen LogP contribution in [0, 0.1) is 5.92 Å². The van der Waals surface area contributed by atoms with Crippen LogP contribution in [0.1, 0.15) is 47.9 Å². The van der Waals surface area contributed by atoms with Crippen LogP contribution in [-0.4, -0.2) is 34.6 Å². The molecule has 0 spiro atoms. The van der Waals surface area contributed by atoms with E-state index in [1.165, 1.54) is 13.0 Å². The predicted octanol–water partition coefficient (Wildman–Crippen LogP) is 3.95. The van der Waals surface area contributed by atoms with Gasteiger partial charge in [0.25, 0.3) is 11.8 Å². The van der Waals surface area contributed by atoms with Crippen LogP contribution in [0.25, 0.3) is 0 Å². The molecule has 1 aliphatic heterocycles. The van der Waals surface area contributed by atoms with Gasteiger partial charge < -0.3 is 10.6 Å². The molecule has 1 unspecified atom stereocenters. The Labute approximate surface area is 179 Å². The van der Waals surface area contributed by atoms with E-state index >= 15 is 0 Å². The van der Waals surface area contributed by atoms with Gasteiger partial charge in [-0.3, -0.25) is 24.1 Å². The lowest BCUT2D eigenvalue weighted by Crippen LogP contribution is -2.47. The largest absolute Gasteiger partial charge is 0.325 e. The highest BCUT2D eigenvalue weighted by Crippen LogP contribution is 2.29. The number of benzene rings is 2. The maximum Gasteiger partial charge on any atom is 0.262 e. The molecule has 0 saturated heterocycles. The van der Waals surface area contributed by atoms with Crippen molar-refractivity contribution in [3.8, 4) is 0 Å². The highest BCUT2D eigenvalue weighted by Gasteiger charge is 2.42. The Kier molecular flexibility index (Phi) is 6.22. The minimum Gasteiger partial charge on any atom is -0.325 e. The number of rotatable bonds is 6. The van der Waals surface area contributed by atoms with Crippen molar-refractivity contribution in [2.75, 3.05) is 10.6 Å². The summed E-state index contributed by atoms with van der Waals surface area (Å²) in [5.41, 5.74) is 1.41. The molecule has 0 bridgehead atoms. The van der Waals surface area contributed by atoms with Gasteiger partial charge in [-0.1, -0.05) is 37.6 Å². The Balaban J connectivity index is 1.85. The first-order valence-corrected chi connectivity index (χ1v) is 9.91. The molecule has 1 atom stereocenters. The monoisotopic (exact) mass is 427 g/mol. The zero-order valence-electron chi connectivity index (χ0n) is 16.9. The Bertz CT molecular complexity index is 1000. The molecule has 4 amide bonds. The van der Waals surface area contributed by atoms with Gasteiger partial charge in [0.15, 0.2) is 0 Å². The summed E-state index contributed by atoms with van der Waals surface area (Å²) < 4.78 is 0.